The van der Waals surface area contributed by atoms with Crippen molar-refractivity contribution in [3.8, 4) is 0 Å². The van der Waals surface area contributed by atoms with Crippen LogP contribution in [0.5, 0.6) is 0 Å². The number of hydrogen-bond acceptors (Lipinski definition) is 4. The second-order valence-corrected chi connectivity index (χ2v) is 15.2. The summed E-state index contributed by atoms with van der Waals surface area (Å²) in [7, 11) is 0. The summed E-state index contributed by atoms with van der Waals surface area (Å²) in [6.45, 7) is 12.9. The molecule has 1 N–H and O–H groups in total. The lowest BCUT2D eigenvalue weighted by atomic mass is 9.80. The Morgan fingerprint density at radius 1 is 0.891 bits per heavy atom. The molecule has 3 aromatic rings. The number of aliphatic hydroxyl groups is 1. The maximum Gasteiger partial charge on any atom is 0.263 e. The van der Waals surface area contributed by atoms with Gasteiger partial charge in [0, 0.05) is 46.9 Å². The number of aryl methyl sites for hydroxylation is 2. The average molecular weight is 660 g/mol. The second kappa shape index (κ2) is 15.3. The molecule has 1 aromatic heterocycles. The number of carbonyl (C=O) groups is 1. The predicted molar refractivity (Wildman–Crippen MR) is 196 cm³/mol. The molecular weight excluding hydrogens is 608 g/mol. The normalized spacial score (nSPS) is 17.5. The first-order valence-corrected chi connectivity index (χ1v) is 18.8. The Morgan fingerprint density at radius 2 is 1.57 bits per heavy atom. The van der Waals surface area contributed by atoms with Crippen LogP contribution < -0.4 is 9.47 Å². The average Bonchev–Trinajstić information content (AvgIpc) is 3.47. The van der Waals surface area contributed by atoms with Gasteiger partial charge in [0.1, 0.15) is 10.5 Å². The number of aliphatic hydroxyl groups excluding tert-OH is 1. The molecule has 6 heteroatoms. The lowest BCUT2D eigenvalue weighted by Gasteiger charge is -2.29. The van der Waals surface area contributed by atoms with Crippen molar-refractivity contribution in [1.82, 2.24) is 0 Å². The second-order valence-electron chi connectivity index (χ2n) is 13.7. The number of fused-ring (bicyclic) bond motifs is 2. The minimum absolute atomic E-state index is 0.0888. The van der Waals surface area contributed by atoms with Crippen molar-refractivity contribution in [1.29, 1.82) is 0 Å². The molecule has 2 aliphatic rings. The van der Waals surface area contributed by atoms with Crippen LogP contribution in [0, 0.1) is 6.92 Å². The van der Waals surface area contributed by atoms with Crippen molar-refractivity contribution in [2.24, 2.45) is 0 Å². The van der Waals surface area contributed by atoms with Gasteiger partial charge >= 0.3 is 0 Å². The Bertz CT molecular complexity index is 1660. The highest BCUT2D eigenvalue weighted by molar-refractivity contribution is 7.18. The summed E-state index contributed by atoms with van der Waals surface area (Å²) in [6.07, 6.45) is 18.5. The van der Waals surface area contributed by atoms with E-state index in [0.717, 1.165) is 46.9 Å². The van der Waals surface area contributed by atoms with Crippen molar-refractivity contribution in [2.45, 2.75) is 124 Å². The first-order valence-electron chi connectivity index (χ1n) is 17.6. The molecule has 2 aromatic carbocycles. The smallest absolute Gasteiger partial charge is 0.263 e. The Kier molecular flexibility index (Phi) is 11.5. The van der Waals surface area contributed by atoms with Gasteiger partial charge in [0.2, 0.25) is 11.3 Å². The van der Waals surface area contributed by atoms with Gasteiger partial charge in [0.25, 0.3) is 5.01 Å². The summed E-state index contributed by atoms with van der Waals surface area (Å²) >= 11 is 8.06. The van der Waals surface area contributed by atoms with Gasteiger partial charge < -0.3 is 10.0 Å². The fourth-order valence-corrected chi connectivity index (χ4v) is 8.25. The number of aromatic nitrogens is 1. The van der Waals surface area contributed by atoms with Gasteiger partial charge in [0.05, 0.1) is 11.1 Å². The number of Topliss-reactive ketones (excluding diaryl/α,β-unsaturated/α-hetero) is 1. The zero-order valence-corrected chi connectivity index (χ0v) is 30.1. The number of hydrogen-bond donors (Lipinski definition) is 1. The van der Waals surface area contributed by atoms with Gasteiger partial charge in [-0.05, 0) is 49.6 Å². The molecule has 0 radical (unpaired) electrons. The van der Waals surface area contributed by atoms with E-state index < -0.39 is 0 Å². The predicted octanol–water partition coefficient (Wildman–Crippen LogP) is 11.3. The number of rotatable bonds is 16. The quantitative estimate of drug-likeness (QED) is 0.0945. The highest BCUT2D eigenvalue weighted by atomic mass is 35.5. The molecule has 46 heavy (non-hydrogen) atoms. The molecule has 1 aliphatic carbocycles. The Labute approximate surface area is 285 Å². The molecule has 5 rings (SSSR count). The van der Waals surface area contributed by atoms with Crippen molar-refractivity contribution in [3.05, 3.63) is 86.2 Å². The molecule has 0 bridgehead atoms. The molecule has 4 nitrogen and oxygen atoms in total. The van der Waals surface area contributed by atoms with E-state index in [0.29, 0.717) is 16.2 Å². The van der Waals surface area contributed by atoms with E-state index in [1.54, 1.807) is 11.3 Å². The van der Waals surface area contributed by atoms with Crippen LogP contribution >= 0.6 is 22.9 Å². The number of benzene rings is 2. The molecule has 2 heterocycles. The van der Waals surface area contributed by atoms with Gasteiger partial charge in [-0.1, -0.05) is 126 Å². The largest absolute Gasteiger partial charge is 0.506 e. The van der Waals surface area contributed by atoms with Crippen LogP contribution in [0.25, 0.3) is 16.3 Å². The van der Waals surface area contributed by atoms with E-state index in [-0.39, 0.29) is 17.0 Å². The Balaban J connectivity index is 1.43. The fraction of sp³-hybridized carbons (Fsp3) is 0.500. The molecule has 0 saturated carbocycles. The number of carbonyl (C=O) groups excluding carboxylic acids is 1. The first-order chi connectivity index (χ1) is 22.2. The molecule has 0 unspecified atom stereocenters. The van der Waals surface area contributed by atoms with Crippen molar-refractivity contribution >= 4 is 50.7 Å². The summed E-state index contributed by atoms with van der Waals surface area (Å²) in [6, 6.07) is 12.7. The maximum absolute atomic E-state index is 13.7. The van der Waals surface area contributed by atoms with Crippen LogP contribution in [-0.4, -0.2) is 17.4 Å². The molecular formula is C40H52ClN2O2S+. The number of thiazole rings is 1. The van der Waals surface area contributed by atoms with Crippen molar-refractivity contribution < 1.29 is 14.5 Å². The summed E-state index contributed by atoms with van der Waals surface area (Å²) in [5.41, 5.74) is 6.45. The van der Waals surface area contributed by atoms with Gasteiger partial charge in [-0.2, -0.15) is 4.57 Å². The lowest BCUT2D eigenvalue weighted by Crippen LogP contribution is -2.35. The monoisotopic (exact) mass is 659 g/mol. The molecule has 0 fully saturated rings. The SMILES string of the molecule is CCCCCCCCN1C(=CC2=C(O)C(=Cc3sc4ccc(Cl)cc4[n+]3CCCCCCCC)C2=O)C(C)(C)c2cc(C)ccc21. The topological polar surface area (TPSA) is 44.4 Å². The van der Waals surface area contributed by atoms with Crippen LogP contribution in [0.4, 0.5) is 5.69 Å². The number of anilines is 1. The van der Waals surface area contributed by atoms with Crippen molar-refractivity contribution in [3.63, 3.8) is 0 Å². The third kappa shape index (κ3) is 7.31. The van der Waals surface area contributed by atoms with Crippen LogP contribution in [0.15, 0.2) is 65.1 Å². The van der Waals surface area contributed by atoms with E-state index in [1.165, 1.54) is 81.0 Å². The molecule has 1 aliphatic heterocycles. The first kappa shape index (κ1) is 34.4. The molecule has 0 atom stereocenters. The van der Waals surface area contributed by atoms with Gasteiger partial charge in [-0.25, -0.2) is 0 Å². The van der Waals surface area contributed by atoms with Gasteiger partial charge in [-0.15, -0.1) is 0 Å². The molecule has 246 valence electrons. The van der Waals surface area contributed by atoms with E-state index in [9.17, 15) is 9.90 Å². The van der Waals surface area contributed by atoms with E-state index in [2.05, 4.69) is 68.4 Å². The van der Waals surface area contributed by atoms with Gasteiger partial charge in [-0.3, -0.25) is 4.79 Å². The lowest BCUT2D eigenvalue weighted by molar-refractivity contribution is -0.669. The van der Waals surface area contributed by atoms with Crippen LogP contribution in [0.1, 0.15) is 121 Å². The number of ketones is 1. The van der Waals surface area contributed by atoms with E-state index in [4.69, 9.17) is 11.6 Å². The zero-order chi connectivity index (χ0) is 32.8. The minimum Gasteiger partial charge on any atom is -0.506 e. The van der Waals surface area contributed by atoms with Crippen LogP contribution in [-0.2, 0) is 16.8 Å². The summed E-state index contributed by atoms with van der Waals surface area (Å²) in [5, 5.41) is 13.1. The fourth-order valence-electron chi connectivity index (χ4n) is 6.97. The van der Waals surface area contributed by atoms with Crippen LogP contribution in [0.3, 0.4) is 0 Å². The maximum atomic E-state index is 13.7. The zero-order valence-electron chi connectivity index (χ0n) is 28.6. The minimum atomic E-state index is -0.276. The Morgan fingerprint density at radius 3 is 2.26 bits per heavy atom. The summed E-state index contributed by atoms with van der Waals surface area (Å²) < 4.78 is 3.41. The van der Waals surface area contributed by atoms with E-state index >= 15 is 0 Å². The third-order valence-electron chi connectivity index (χ3n) is 9.76. The van der Waals surface area contributed by atoms with E-state index in [1.807, 2.05) is 24.3 Å². The Hall–Kier alpha value is -2.89. The summed E-state index contributed by atoms with van der Waals surface area (Å²) in [4.78, 5) is 16.1. The van der Waals surface area contributed by atoms with Crippen molar-refractivity contribution in [2.75, 3.05) is 11.4 Å². The third-order valence-corrected chi connectivity index (χ3v) is 11.1. The number of unbranched alkanes of at least 4 members (excludes halogenated alkanes) is 10. The van der Waals surface area contributed by atoms with Gasteiger partial charge in [0.15, 0.2) is 6.54 Å². The number of nitrogens with zero attached hydrogens (tertiary/aromatic N) is 2. The number of allylic oxidation sites excluding steroid dienone is 4. The highest BCUT2D eigenvalue weighted by Gasteiger charge is 2.42. The molecule has 0 spiro atoms. The molecule has 0 amide bonds. The number of halogens is 1. The highest BCUT2D eigenvalue weighted by Crippen LogP contribution is 2.49. The molecule has 0 saturated heterocycles. The standard InChI is InChI=1S/C40H51ClN2O2S/c1-6-8-10-12-14-16-22-42-33-20-18-28(3)24-32(33)40(4,5)36(42)26-30-38(44)31(39(30)45)27-37-43(23-17-15-13-11-9-7-2)34-25-29(41)19-21-35(34)46-37/h18-21,24-27H,6-17,22-23H2,1-5H3/p+1. The van der Waals surface area contributed by atoms with Crippen LogP contribution in [0.2, 0.25) is 5.02 Å². The summed E-state index contributed by atoms with van der Waals surface area (Å²) in [5.74, 6) is 0.00983.